The Kier molecular flexibility index (Phi) is 10.7. The Balaban J connectivity index is 1.37. The number of alkyl halides is 3. The summed E-state index contributed by atoms with van der Waals surface area (Å²) in [5.74, 6) is -8.65. The molecule has 1 aromatic heterocycles. The molecule has 0 spiro atoms. The van der Waals surface area contributed by atoms with Gasteiger partial charge in [-0.1, -0.05) is 77.7 Å². The number of imide groups is 2. The molecule has 2 aliphatic heterocycles. The molecule has 3 heterocycles. The van der Waals surface area contributed by atoms with E-state index in [1.807, 2.05) is 6.08 Å². The zero-order chi connectivity index (χ0) is 41.0. The third-order valence-corrected chi connectivity index (χ3v) is 12.3. The van der Waals surface area contributed by atoms with Crippen molar-refractivity contribution in [2.75, 3.05) is 12.0 Å². The average molecular weight is 826 g/mol. The molecule has 0 bridgehead atoms. The Bertz CT molecular complexity index is 2210. The van der Waals surface area contributed by atoms with E-state index < -0.39 is 81.3 Å². The molecule has 4 aliphatic rings. The monoisotopic (exact) mass is 824 g/mol. The number of nitrogens with zero attached hydrogens (tertiary/aromatic N) is 3. The van der Waals surface area contributed by atoms with E-state index in [2.05, 4.69) is 17.0 Å². The molecule has 3 N–H and O–H groups in total. The highest BCUT2D eigenvalue weighted by Crippen LogP contribution is 2.65. The number of hydrogen-bond donors (Lipinski definition) is 3. The van der Waals surface area contributed by atoms with Crippen LogP contribution in [0.2, 0.25) is 10.0 Å². The van der Waals surface area contributed by atoms with Crippen molar-refractivity contribution in [1.29, 1.82) is 0 Å². The SMILES string of the molecule is C=CCc1cccc([C@H]2C3=CC[C@@H]4C(=O)N(CCCCCC(=O)O)C(=O)[C@@H]4[C@@H]3C[C@H]3C(=O)N(Nc4ncc(C(F)(F)F)cc4Cl)C(=O)[C@@]23c2ccc(Cl)cc2)c1O. The topological polar surface area (TPSA) is 157 Å². The van der Waals surface area contributed by atoms with Gasteiger partial charge in [-0.3, -0.25) is 34.3 Å². The number of carboxylic acid groups (broad SMARTS) is 1. The molecule has 7 rings (SSSR count). The lowest BCUT2D eigenvalue weighted by molar-refractivity contribution is -0.141. The predicted molar refractivity (Wildman–Crippen MR) is 202 cm³/mol. The number of nitrogens with one attached hydrogen (secondary N) is 1. The summed E-state index contributed by atoms with van der Waals surface area (Å²) in [7, 11) is 0. The molecule has 3 fully saturated rings. The number of phenols is 1. The maximum atomic E-state index is 15.4. The van der Waals surface area contributed by atoms with E-state index in [-0.39, 0.29) is 49.4 Å². The van der Waals surface area contributed by atoms with Gasteiger partial charge in [0.15, 0.2) is 5.82 Å². The second kappa shape index (κ2) is 15.3. The zero-order valence-electron chi connectivity index (χ0n) is 30.3. The van der Waals surface area contributed by atoms with Gasteiger partial charge in [0, 0.05) is 35.7 Å². The van der Waals surface area contributed by atoms with Crippen molar-refractivity contribution in [2.24, 2.45) is 23.7 Å². The maximum Gasteiger partial charge on any atom is 0.417 e. The summed E-state index contributed by atoms with van der Waals surface area (Å²) in [6, 6.07) is 12.0. The summed E-state index contributed by atoms with van der Waals surface area (Å²) in [5, 5.41) is 21.5. The number of para-hydroxylation sites is 1. The zero-order valence-corrected chi connectivity index (χ0v) is 31.8. The fraction of sp³-hybridized carbons (Fsp3) is 0.366. The van der Waals surface area contributed by atoms with Crippen LogP contribution in [0.15, 0.2) is 79.0 Å². The number of hydrogen-bond acceptors (Lipinski definition) is 8. The van der Waals surface area contributed by atoms with E-state index >= 15 is 4.79 Å². The van der Waals surface area contributed by atoms with Crippen molar-refractivity contribution < 1.29 is 47.4 Å². The molecule has 57 heavy (non-hydrogen) atoms. The van der Waals surface area contributed by atoms with Crippen LogP contribution in [0, 0.1) is 23.7 Å². The van der Waals surface area contributed by atoms with Gasteiger partial charge in [0.25, 0.3) is 11.8 Å². The molecule has 0 radical (unpaired) electrons. The van der Waals surface area contributed by atoms with Crippen LogP contribution in [0.3, 0.4) is 0 Å². The van der Waals surface area contributed by atoms with Crippen molar-refractivity contribution in [1.82, 2.24) is 14.9 Å². The smallest absolute Gasteiger partial charge is 0.417 e. The van der Waals surface area contributed by atoms with Crippen LogP contribution in [0.1, 0.15) is 66.7 Å². The third kappa shape index (κ3) is 6.75. The second-order valence-corrected chi connectivity index (χ2v) is 15.6. The molecule has 16 heteroatoms. The largest absolute Gasteiger partial charge is 0.507 e. The highest BCUT2D eigenvalue weighted by atomic mass is 35.5. The van der Waals surface area contributed by atoms with Gasteiger partial charge in [0.2, 0.25) is 11.8 Å². The minimum absolute atomic E-state index is 0.0404. The van der Waals surface area contributed by atoms with Crippen molar-refractivity contribution in [3.05, 3.63) is 111 Å². The van der Waals surface area contributed by atoms with Crippen LogP contribution >= 0.6 is 23.2 Å². The first-order valence-corrected chi connectivity index (χ1v) is 19.2. The van der Waals surface area contributed by atoms with E-state index in [1.54, 1.807) is 48.5 Å². The molecule has 11 nitrogen and oxygen atoms in total. The van der Waals surface area contributed by atoms with E-state index in [1.165, 1.54) is 4.90 Å². The first-order valence-electron chi connectivity index (χ1n) is 18.4. The van der Waals surface area contributed by atoms with Gasteiger partial charge in [-0.2, -0.15) is 18.2 Å². The quantitative estimate of drug-likeness (QED) is 0.0958. The number of likely N-dealkylation sites (tertiary alicyclic amines) is 1. The summed E-state index contributed by atoms with van der Waals surface area (Å²) in [6.07, 6.45) is 0.708. The molecule has 3 aromatic rings. The standard InChI is InChI=1S/C41H37Cl2F3N4O7/c1-2-7-21-8-6-9-27(34(21)53)33-25-15-16-26-32(38(56)49(36(26)54)17-5-3-4-10-31(51)52)28(25)19-29-37(55)50(39(57)40(29,33)22-11-13-24(42)14-12-22)48-35-30(43)18-23(20-47-35)41(44,45)46/h2,6,8-9,11-15,18,20,26,28-29,32-33,53H,1,3-5,7,10,16-17,19H2,(H,47,48)(H,51,52)/t26-,28+,29-,32-,33+,40+/m0/s1. The molecule has 2 saturated heterocycles. The molecule has 298 valence electrons. The Morgan fingerprint density at radius 2 is 1.75 bits per heavy atom. The molecule has 4 amide bonds. The molecular weight excluding hydrogens is 788 g/mol. The number of aromatic hydroxyl groups is 1. The van der Waals surface area contributed by atoms with Crippen LogP contribution in [0.4, 0.5) is 19.0 Å². The number of anilines is 1. The summed E-state index contributed by atoms with van der Waals surface area (Å²) in [5.41, 5.74) is 1.32. The summed E-state index contributed by atoms with van der Waals surface area (Å²) >= 11 is 12.6. The van der Waals surface area contributed by atoms with E-state index in [0.29, 0.717) is 58.3 Å². The molecule has 2 aromatic carbocycles. The Hall–Kier alpha value is -5.21. The number of allylic oxidation sites excluding steroid dienone is 3. The van der Waals surface area contributed by atoms with Crippen LogP contribution in [-0.4, -0.2) is 61.2 Å². The number of hydrazine groups is 1. The normalized spacial score (nSPS) is 25.6. The third-order valence-electron chi connectivity index (χ3n) is 11.7. The number of unbranched alkanes of at least 4 members (excludes halogenated alkanes) is 2. The fourth-order valence-corrected chi connectivity index (χ4v) is 9.63. The second-order valence-electron chi connectivity index (χ2n) is 14.8. The van der Waals surface area contributed by atoms with Gasteiger partial charge < -0.3 is 10.2 Å². The maximum absolute atomic E-state index is 15.4. The molecule has 0 unspecified atom stereocenters. The number of aliphatic carboxylic acids is 1. The molecule has 1 saturated carbocycles. The average Bonchev–Trinajstić information content (AvgIpc) is 3.53. The van der Waals surface area contributed by atoms with Crippen LogP contribution < -0.4 is 5.43 Å². The number of aromatic nitrogens is 1. The lowest BCUT2D eigenvalue weighted by Crippen LogP contribution is -2.53. The van der Waals surface area contributed by atoms with Crippen molar-refractivity contribution in [3.63, 3.8) is 0 Å². The lowest BCUT2D eigenvalue weighted by Gasteiger charge is -2.50. The minimum Gasteiger partial charge on any atom is -0.507 e. The first-order chi connectivity index (χ1) is 27.1. The Morgan fingerprint density at radius 1 is 1.02 bits per heavy atom. The highest BCUT2D eigenvalue weighted by Gasteiger charge is 2.70. The van der Waals surface area contributed by atoms with Gasteiger partial charge in [-0.15, -0.1) is 6.58 Å². The summed E-state index contributed by atoms with van der Waals surface area (Å²) in [4.78, 5) is 74.4. The van der Waals surface area contributed by atoms with Gasteiger partial charge in [0.1, 0.15) is 5.75 Å². The van der Waals surface area contributed by atoms with Crippen molar-refractivity contribution in [3.8, 4) is 5.75 Å². The van der Waals surface area contributed by atoms with Crippen molar-refractivity contribution in [2.45, 2.75) is 62.5 Å². The number of amides is 4. The van der Waals surface area contributed by atoms with Crippen LogP contribution in [0.5, 0.6) is 5.75 Å². The molecular formula is C41H37Cl2F3N4O7. The fourth-order valence-electron chi connectivity index (χ4n) is 9.30. The number of phenolic OH excluding ortho intramolecular Hbond substituents is 1. The number of fused-ring (bicyclic) bond motifs is 4. The number of carbonyl (C=O) groups is 5. The van der Waals surface area contributed by atoms with E-state index in [0.717, 1.165) is 0 Å². The van der Waals surface area contributed by atoms with Gasteiger partial charge in [-0.25, -0.2) is 4.98 Å². The first kappa shape index (κ1) is 40.0. The van der Waals surface area contributed by atoms with Crippen LogP contribution in [-0.2, 0) is 42.0 Å². The molecule has 6 atom stereocenters. The lowest BCUT2D eigenvalue weighted by atomic mass is 9.49. The Labute approximate surface area is 335 Å². The van der Waals surface area contributed by atoms with E-state index in [4.69, 9.17) is 28.3 Å². The predicted octanol–water partition coefficient (Wildman–Crippen LogP) is 7.47. The number of rotatable bonds is 12. The molecule has 2 aliphatic carbocycles. The van der Waals surface area contributed by atoms with Gasteiger partial charge in [0.05, 0.1) is 33.8 Å². The van der Waals surface area contributed by atoms with Gasteiger partial charge >= 0.3 is 12.1 Å². The van der Waals surface area contributed by atoms with Crippen molar-refractivity contribution >= 4 is 58.6 Å². The number of pyridine rings is 1. The number of halogens is 5. The summed E-state index contributed by atoms with van der Waals surface area (Å²) in [6.45, 7) is 3.89. The van der Waals surface area contributed by atoms with Gasteiger partial charge in [-0.05, 0) is 67.3 Å². The number of carbonyl (C=O) groups excluding carboxylic acids is 4. The Morgan fingerprint density at radius 3 is 2.42 bits per heavy atom. The van der Waals surface area contributed by atoms with Crippen LogP contribution in [0.25, 0.3) is 0 Å². The minimum atomic E-state index is -4.77. The number of carboxylic acids is 1. The van der Waals surface area contributed by atoms with E-state index in [9.17, 15) is 37.5 Å². The number of benzene rings is 2. The summed E-state index contributed by atoms with van der Waals surface area (Å²) < 4.78 is 40.5. The highest BCUT2D eigenvalue weighted by molar-refractivity contribution is 6.33.